The van der Waals surface area contributed by atoms with E-state index >= 15 is 0 Å². The van der Waals surface area contributed by atoms with E-state index in [0.717, 1.165) is 17.7 Å². The molecule has 0 heterocycles. The Balaban J connectivity index is 0.00000450. The summed E-state index contributed by atoms with van der Waals surface area (Å²) in [6.45, 7) is 4.93. The number of halogens is 2. The molecule has 0 radical (unpaired) electrons. The first-order chi connectivity index (χ1) is 14.0. The molecule has 30 heavy (non-hydrogen) atoms. The van der Waals surface area contributed by atoms with Crippen LogP contribution in [-0.4, -0.2) is 31.6 Å². The van der Waals surface area contributed by atoms with Crippen LogP contribution in [0.3, 0.4) is 0 Å². The average Bonchev–Trinajstić information content (AvgIpc) is 2.68. The van der Waals surface area contributed by atoms with Crippen LogP contribution < -0.4 is 20.7 Å². The minimum Gasteiger partial charge on any atom is -0.489 e. The number of amides is 1. The number of nitrogens with one attached hydrogen (secondary N) is 3. The number of guanidine groups is 1. The molecule has 1 atom stereocenters. The van der Waals surface area contributed by atoms with E-state index in [0.29, 0.717) is 31.2 Å². The molecule has 6 nitrogen and oxygen atoms in total. The molecular formula is C22H30FIN4O2. The first-order valence-electron chi connectivity index (χ1n) is 9.75. The average molecular weight is 528 g/mol. The lowest BCUT2D eigenvalue weighted by atomic mass is 10.2. The van der Waals surface area contributed by atoms with Crippen LogP contribution in [0.5, 0.6) is 5.75 Å². The van der Waals surface area contributed by atoms with Gasteiger partial charge in [-0.2, -0.15) is 0 Å². The summed E-state index contributed by atoms with van der Waals surface area (Å²) in [7, 11) is 1.69. The Bertz CT molecular complexity index is 832. The van der Waals surface area contributed by atoms with Gasteiger partial charge in [-0.25, -0.2) is 4.39 Å². The minimum atomic E-state index is -0.326. The van der Waals surface area contributed by atoms with Gasteiger partial charge in [0, 0.05) is 31.8 Å². The SMILES string of the molecule is CCCC(=O)Nc1cccc(CNC(=NC)NCC(C)Oc2cccc(F)c2)c1.I. The van der Waals surface area contributed by atoms with Crippen molar-refractivity contribution in [1.29, 1.82) is 0 Å². The fourth-order valence-electron chi connectivity index (χ4n) is 2.67. The highest BCUT2D eigenvalue weighted by molar-refractivity contribution is 14.0. The van der Waals surface area contributed by atoms with E-state index in [1.54, 1.807) is 19.2 Å². The monoisotopic (exact) mass is 528 g/mol. The Morgan fingerprint density at radius 2 is 1.93 bits per heavy atom. The van der Waals surface area contributed by atoms with Crippen molar-refractivity contribution in [3.8, 4) is 5.75 Å². The van der Waals surface area contributed by atoms with E-state index in [2.05, 4.69) is 20.9 Å². The van der Waals surface area contributed by atoms with Crippen molar-refractivity contribution >= 4 is 41.5 Å². The van der Waals surface area contributed by atoms with Gasteiger partial charge in [0.05, 0.1) is 6.54 Å². The van der Waals surface area contributed by atoms with Crippen molar-refractivity contribution in [1.82, 2.24) is 10.6 Å². The van der Waals surface area contributed by atoms with Crippen molar-refractivity contribution in [2.24, 2.45) is 4.99 Å². The second kappa shape index (κ2) is 13.8. The molecule has 2 rings (SSSR count). The maximum atomic E-state index is 13.2. The number of aliphatic imine (C=N–C) groups is 1. The van der Waals surface area contributed by atoms with Gasteiger partial charge in [0.2, 0.25) is 5.91 Å². The predicted octanol–water partition coefficient (Wildman–Crippen LogP) is 4.31. The van der Waals surface area contributed by atoms with Gasteiger partial charge in [-0.3, -0.25) is 9.79 Å². The molecule has 0 fully saturated rings. The highest BCUT2D eigenvalue weighted by Gasteiger charge is 2.07. The molecule has 2 aromatic carbocycles. The van der Waals surface area contributed by atoms with Gasteiger partial charge in [-0.1, -0.05) is 25.1 Å². The van der Waals surface area contributed by atoms with Gasteiger partial charge in [-0.15, -0.1) is 24.0 Å². The van der Waals surface area contributed by atoms with Crippen molar-refractivity contribution < 1.29 is 13.9 Å². The normalized spacial score (nSPS) is 11.8. The molecule has 0 aromatic heterocycles. The fourth-order valence-corrected chi connectivity index (χ4v) is 2.67. The Morgan fingerprint density at radius 3 is 2.63 bits per heavy atom. The third-order valence-electron chi connectivity index (χ3n) is 4.06. The number of rotatable bonds is 9. The smallest absolute Gasteiger partial charge is 0.224 e. The third-order valence-corrected chi connectivity index (χ3v) is 4.06. The van der Waals surface area contributed by atoms with E-state index in [1.165, 1.54) is 12.1 Å². The maximum absolute atomic E-state index is 13.2. The third kappa shape index (κ3) is 9.43. The Kier molecular flexibility index (Phi) is 11.8. The summed E-state index contributed by atoms with van der Waals surface area (Å²) >= 11 is 0. The maximum Gasteiger partial charge on any atom is 0.224 e. The summed E-state index contributed by atoms with van der Waals surface area (Å²) in [5.74, 6) is 0.805. The molecule has 3 N–H and O–H groups in total. The fraction of sp³-hybridized carbons (Fsp3) is 0.364. The number of hydrogen-bond acceptors (Lipinski definition) is 3. The van der Waals surface area contributed by atoms with Crippen LogP contribution in [0.1, 0.15) is 32.3 Å². The molecule has 0 aliphatic carbocycles. The van der Waals surface area contributed by atoms with Gasteiger partial charge in [0.25, 0.3) is 0 Å². The summed E-state index contributed by atoms with van der Waals surface area (Å²) in [6.07, 6.45) is 1.15. The molecule has 0 bridgehead atoms. The van der Waals surface area contributed by atoms with E-state index < -0.39 is 0 Å². The molecule has 0 aliphatic rings. The van der Waals surface area contributed by atoms with Gasteiger partial charge in [0.1, 0.15) is 17.7 Å². The zero-order valence-electron chi connectivity index (χ0n) is 17.6. The summed E-state index contributed by atoms with van der Waals surface area (Å²) < 4.78 is 18.9. The molecule has 8 heteroatoms. The quantitative estimate of drug-likeness (QED) is 0.258. The summed E-state index contributed by atoms with van der Waals surface area (Å²) in [6, 6.07) is 13.8. The Labute approximate surface area is 194 Å². The van der Waals surface area contributed by atoms with Gasteiger partial charge >= 0.3 is 0 Å². The van der Waals surface area contributed by atoms with Crippen LogP contribution in [0.2, 0.25) is 0 Å². The van der Waals surface area contributed by atoms with Crippen molar-refractivity contribution in [3.05, 3.63) is 59.9 Å². The van der Waals surface area contributed by atoms with E-state index in [4.69, 9.17) is 4.74 Å². The molecule has 0 saturated heterocycles. The van der Waals surface area contributed by atoms with Crippen LogP contribution >= 0.6 is 24.0 Å². The predicted molar refractivity (Wildman–Crippen MR) is 130 cm³/mol. The zero-order valence-corrected chi connectivity index (χ0v) is 19.9. The van der Waals surface area contributed by atoms with E-state index in [9.17, 15) is 9.18 Å². The number of nitrogens with zero attached hydrogens (tertiary/aromatic N) is 1. The van der Waals surface area contributed by atoms with Gasteiger partial charge in [-0.05, 0) is 43.2 Å². The topological polar surface area (TPSA) is 74.8 Å². The van der Waals surface area contributed by atoms with Crippen LogP contribution in [-0.2, 0) is 11.3 Å². The second-order valence-electron chi connectivity index (χ2n) is 6.69. The van der Waals surface area contributed by atoms with Gasteiger partial charge < -0.3 is 20.7 Å². The van der Waals surface area contributed by atoms with Gasteiger partial charge in [0.15, 0.2) is 5.96 Å². The Hall–Kier alpha value is -2.36. The van der Waals surface area contributed by atoms with Crippen LogP contribution in [0.25, 0.3) is 0 Å². The minimum absolute atomic E-state index is 0. The Morgan fingerprint density at radius 1 is 1.17 bits per heavy atom. The summed E-state index contributed by atoms with van der Waals surface area (Å²) in [4.78, 5) is 15.9. The largest absolute Gasteiger partial charge is 0.489 e. The molecule has 0 aliphatic heterocycles. The number of carbonyl (C=O) groups excluding carboxylic acids is 1. The number of anilines is 1. The highest BCUT2D eigenvalue weighted by atomic mass is 127. The van der Waals surface area contributed by atoms with Crippen molar-refractivity contribution in [2.75, 3.05) is 18.9 Å². The molecular weight excluding hydrogens is 498 g/mol. The van der Waals surface area contributed by atoms with Crippen molar-refractivity contribution in [2.45, 2.75) is 39.3 Å². The number of carbonyl (C=O) groups is 1. The molecule has 1 amide bonds. The summed E-state index contributed by atoms with van der Waals surface area (Å²) in [5, 5.41) is 9.31. The summed E-state index contributed by atoms with van der Waals surface area (Å²) in [5.41, 5.74) is 1.80. The number of benzene rings is 2. The molecule has 0 saturated carbocycles. The number of ether oxygens (including phenoxy) is 1. The molecule has 2 aromatic rings. The lowest BCUT2D eigenvalue weighted by Crippen LogP contribution is -2.41. The molecule has 164 valence electrons. The van der Waals surface area contributed by atoms with Crippen LogP contribution in [0, 0.1) is 5.82 Å². The lowest BCUT2D eigenvalue weighted by molar-refractivity contribution is -0.116. The molecule has 0 spiro atoms. The first kappa shape index (κ1) is 25.7. The van der Waals surface area contributed by atoms with E-state index in [-0.39, 0.29) is 41.8 Å². The van der Waals surface area contributed by atoms with Crippen LogP contribution in [0.15, 0.2) is 53.5 Å². The molecule has 1 unspecified atom stereocenters. The number of hydrogen-bond donors (Lipinski definition) is 3. The van der Waals surface area contributed by atoms with E-state index in [1.807, 2.05) is 38.1 Å². The zero-order chi connectivity index (χ0) is 21.1. The van der Waals surface area contributed by atoms with Crippen molar-refractivity contribution in [3.63, 3.8) is 0 Å². The lowest BCUT2D eigenvalue weighted by Gasteiger charge is -2.18. The highest BCUT2D eigenvalue weighted by Crippen LogP contribution is 2.13. The second-order valence-corrected chi connectivity index (χ2v) is 6.69. The van der Waals surface area contributed by atoms with Crippen LogP contribution in [0.4, 0.5) is 10.1 Å². The first-order valence-corrected chi connectivity index (χ1v) is 9.75. The standard InChI is InChI=1S/C22H29FN4O2.HI/c1-4-7-21(28)27-19-10-5-8-17(12-19)15-26-22(24-3)25-14-16(2)29-20-11-6-9-18(23)13-20;/h5-6,8-13,16H,4,7,14-15H2,1-3H3,(H,27,28)(H2,24,25,26);1H.